The van der Waals surface area contributed by atoms with Gasteiger partial charge in [-0.1, -0.05) is 46.5 Å². The Labute approximate surface area is 219 Å². The van der Waals surface area contributed by atoms with E-state index in [1.54, 1.807) is 4.90 Å². The molecule has 4 aliphatic rings. The zero-order chi connectivity index (χ0) is 27.1. The van der Waals surface area contributed by atoms with Crippen LogP contribution in [0.2, 0.25) is 0 Å². The van der Waals surface area contributed by atoms with Crippen LogP contribution in [0.4, 0.5) is 4.79 Å². The summed E-state index contributed by atoms with van der Waals surface area (Å²) in [5.41, 5.74) is 4.89. The van der Waals surface area contributed by atoms with Crippen LogP contribution in [-0.4, -0.2) is 64.6 Å². The van der Waals surface area contributed by atoms with E-state index >= 15 is 0 Å². The van der Waals surface area contributed by atoms with Gasteiger partial charge in [-0.15, -0.1) is 0 Å². The van der Waals surface area contributed by atoms with Crippen molar-refractivity contribution in [2.24, 2.45) is 28.9 Å². The predicted octanol–water partition coefficient (Wildman–Crippen LogP) is 1.61. The van der Waals surface area contributed by atoms with Crippen LogP contribution in [0.25, 0.3) is 0 Å². The molecule has 10 heteroatoms. The van der Waals surface area contributed by atoms with E-state index in [1.165, 1.54) is 0 Å². The molecule has 0 radical (unpaired) electrons. The van der Waals surface area contributed by atoms with Crippen LogP contribution >= 0.6 is 0 Å². The second kappa shape index (κ2) is 10.3. The van der Waals surface area contributed by atoms with Gasteiger partial charge >= 0.3 is 6.03 Å². The minimum atomic E-state index is -1.08. The Morgan fingerprint density at radius 3 is 2.22 bits per heavy atom. The van der Waals surface area contributed by atoms with Gasteiger partial charge in [0.05, 0.1) is 6.04 Å². The van der Waals surface area contributed by atoms with Crippen LogP contribution in [0.5, 0.6) is 0 Å². The molecular formula is C27H43N5O5. The molecule has 1 heterocycles. The zero-order valence-electron chi connectivity index (χ0n) is 22.6. The van der Waals surface area contributed by atoms with E-state index in [9.17, 15) is 24.0 Å². The number of piperidine rings is 1. The minimum absolute atomic E-state index is 0.0111. The van der Waals surface area contributed by atoms with Gasteiger partial charge in [0.15, 0.2) is 0 Å². The number of rotatable bonds is 10. The Morgan fingerprint density at radius 2 is 1.65 bits per heavy atom. The van der Waals surface area contributed by atoms with Gasteiger partial charge in [0.25, 0.3) is 5.91 Å². The number of Topliss-reactive ketones (excluding diaryl/α,β-unsaturated/α-hetero) is 1. The summed E-state index contributed by atoms with van der Waals surface area (Å²) < 4.78 is 0. The molecule has 1 aliphatic heterocycles. The number of ketones is 1. The highest BCUT2D eigenvalue weighted by molar-refractivity contribution is 6.37. The van der Waals surface area contributed by atoms with Crippen molar-refractivity contribution in [1.82, 2.24) is 20.9 Å². The molecular weight excluding hydrogens is 474 g/mol. The first-order chi connectivity index (χ1) is 17.4. The standard InChI is InChI=1S/C27H43N5O5/c1-5-9-17(21(33)22(28)34)29-23(35)20-18-16(26(18,2)3)14-32(20)24(36)19(15-10-7-6-8-11-15)30-25(37)31-27(4)12-13-27/h15-20H,5-14H2,1-4H3,(H2,28,34)(H,29,35)(H2,30,31,37)/t16-,17?,18-,19?,20-/m0/s1. The summed E-state index contributed by atoms with van der Waals surface area (Å²) in [6, 6.07) is -2.82. The van der Waals surface area contributed by atoms with E-state index in [-0.39, 0.29) is 47.1 Å². The Bertz CT molecular complexity index is 955. The maximum atomic E-state index is 14.1. The monoisotopic (exact) mass is 517 g/mol. The molecule has 206 valence electrons. The molecule has 5 atom stereocenters. The highest BCUT2D eigenvalue weighted by atomic mass is 16.2. The van der Waals surface area contributed by atoms with Crippen LogP contribution < -0.4 is 21.7 Å². The quantitative estimate of drug-likeness (QED) is 0.325. The van der Waals surface area contributed by atoms with E-state index in [2.05, 4.69) is 29.8 Å². The lowest BCUT2D eigenvalue weighted by Gasteiger charge is -2.37. The van der Waals surface area contributed by atoms with Crippen LogP contribution in [0.1, 0.15) is 85.5 Å². The lowest BCUT2D eigenvalue weighted by molar-refractivity contribution is -0.144. The Morgan fingerprint density at radius 1 is 1.00 bits per heavy atom. The molecule has 1 saturated heterocycles. The van der Waals surface area contributed by atoms with Crippen LogP contribution in [0.3, 0.4) is 0 Å². The highest BCUT2D eigenvalue weighted by Crippen LogP contribution is 2.65. The average Bonchev–Trinajstić information content (AvgIpc) is 3.61. The van der Waals surface area contributed by atoms with Crippen molar-refractivity contribution in [3.8, 4) is 0 Å². The third-order valence-corrected chi connectivity index (χ3v) is 9.30. The number of nitrogens with two attached hydrogens (primary N) is 1. The summed E-state index contributed by atoms with van der Waals surface area (Å²) >= 11 is 0. The third kappa shape index (κ3) is 5.62. The first-order valence-corrected chi connectivity index (χ1v) is 13.9. The third-order valence-electron chi connectivity index (χ3n) is 9.30. The number of nitrogens with zero attached hydrogens (tertiary/aromatic N) is 1. The average molecular weight is 518 g/mol. The largest absolute Gasteiger partial charge is 0.363 e. The number of nitrogens with one attached hydrogen (secondary N) is 3. The number of carbonyl (C=O) groups excluding carboxylic acids is 5. The minimum Gasteiger partial charge on any atom is -0.363 e. The summed E-state index contributed by atoms with van der Waals surface area (Å²) in [6.07, 6.45) is 7.52. The first kappa shape index (κ1) is 27.4. The molecule has 2 unspecified atom stereocenters. The van der Waals surface area contributed by atoms with E-state index in [0.29, 0.717) is 13.0 Å². The maximum absolute atomic E-state index is 14.1. The fourth-order valence-corrected chi connectivity index (χ4v) is 6.59. The van der Waals surface area contributed by atoms with E-state index in [4.69, 9.17) is 5.73 Å². The molecule has 10 nitrogen and oxygen atoms in total. The first-order valence-electron chi connectivity index (χ1n) is 13.9. The van der Waals surface area contributed by atoms with Gasteiger partial charge in [-0.05, 0) is 62.2 Å². The SMILES string of the molecule is CCCC(NC(=O)[C@@H]1[C@@H]2[C@H](CN1C(=O)C(NC(=O)NC1(C)CC1)C1CCCCC1)C2(C)C)C(=O)C(N)=O. The topological polar surface area (TPSA) is 151 Å². The number of hydrogen-bond donors (Lipinski definition) is 4. The van der Waals surface area contributed by atoms with Crippen molar-refractivity contribution < 1.29 is 24.0 Å². The number of urea groups is 1. The van der Waals surface area contributed by atoms with Crippen molar-refractivity contribution in [3.63, 3.8) is 0 Å². The number of hydrogen-bond acceptors (Lipinski definition) is 5. The van der Waals surface area contributed by atoms with Crippen molar-refractivity contribution in [2.45, 2.75) is 109 Å². The number of fused-ring (bicyclic) bond motifs is 1. The summed E-state index contributed by atoms with van der Waals surface area (Å²) in [7, 11) is 0. The van der Waals surface area contributed by atoms with E-state index < -0.39 is 35.7 Å². The molecule has 3 saturated carbocycles. The Kier molecular flexibility index (Phi) is 7.59. The van der Waals surface area contributed by atoms with Crippen LogP contribution in [0, 0.1) is 23.2 Å². The van der Waals surface area contributed by atoms with Crippen molar-refractivity contribution in [2.75, 3.05) is 6.54 Å². The smallest absolute Gasteiger partial charge is 0.315 e. The van der Waals surface area contributed by atoms with Crippen molar-refractivity contribution >= 4 is 29.5 Å². The van der Waals surface area contributed by atoms with Crippen molar-refractivity contribution in [1.29, 1.82) is 0 Å². The molecule has 37 heavy (non-hydrogen) atoms. The number of likely N-dealkylation sites (tertiary alicyclic amines) is 1. The molecule has 0 bridgehead atoms. The highest BCUT2D eigenvalue weighted by Gasteiger charge is 2.69. The molecule has 0 aromatic carbocycles. The molecule has 4 fully saturated rings. The lowest BCUT2D eigenvalue weighted by Crippen LogP contribution is -2.60. The summed E-state index contributed by atoms with van der Waals surface area (Å²) in [5.74, 6) is -2.46. The number of amides is 5. The Hall–Kier alpha value is -2.65. The lowest BCUT2D eigenvalue weighted by atomic mass is 9.83. The molecule has 3 aliphatic carbocycles. The van der Waals surface area contributed by atoms with Crippen LogP contribution in [-0.2, 0) is 19.2 Å². The fraction of sp³-hybridized carbons (Fsp3) is 0.815. The predicted molar refractivity (Wildman–Crippen MR) is 137 cm³/mol. The normalized spacial score (nSPS) is 28.9. The zero-order valence-corrected chi connectivity index (χ0v) is 22.6. The molecule has 4 rings (SSSR count). The number of primary amides is 1. The second-order valence-corrected chi connectivity index (χ2v) is 12.5. The molecule has 0 aromatic heterocycles. The summed E-state index contributed by atoms with van der Waals surface area (Å²) in [6.45, 7) is 8.44. The maximum Gasteiger partial charge on any atom is 0.315 e. The molecule has 0 spiro atoms. The second-order valence-electron chi connectivity index (χ2n) is 12.5. The summed E-state index contributed by atoms with van der Waals surface area (Å²) in [4.78, 5) is 66.1. The fourth-order valence-electron chi connectivity index (χ4n) is 6.59. The van der Waals surface area contributed by atoms with Gasteiger partial charge in [-0.25, -0.2) is 4.79 Å². The van der Waals surface area contributed by atoms with Gasteiger partial charge in [-0.3, -0.25) is 19.2 Å². The van der Waals surface area contributed by atoms with Gasteiger partial charge in [0, 0.05) is 12.1 Å². The molecule has 5 amide bonds. The Balaban J connectivity index is 1.55. The summed E-state index contributed by atoms with van der Waals surface area (Å²) in [5, 5.41) is 8.70. The van der Waals surface area contributed by atoms with Gasteiger partial charge < -0.3 is 26.6 Å². The van der Waals surface area contributed by atoms with Gasteiger partial charge in [-0.2, -0.15) is 0 Å². The molecule has 5 N–H and O–H groups in total. The van der Waals surface area contributed by atoms with Crippen LogP contribution in [0.15, 0.2) is 0 Å². The van der Waals surface area contributed by atoms with Gasteiger partial charge in [0.2, 0.25) is 17.6 Å². The van der Waals surface area contributed by atoms with E-state index in [0.717, 1.165) is 44.9 Å². The molecule has 0 aromatic rings. The van der Waals surface area contributed by atoms with Crippen molar-refractivity contribution in [3.05, 3.63) is 0 Å². The van der Waals surface area contributed by atoms with E-state index in [1.807, 2.05) is 13.8 Å². The number of carbonyl (C=O) groups is 5. The van der Waals surface area contributed by atoms with Gasteiger partial charge in [0.1, 0.15) is 12.1 Å².